The van der Waals surface area contributed by atoms with Gasteiger partial charge in [0.05, 0.1) is 5.56 Å². The number of fused-ring (bicyclic) bond motifs is 2. The molecule has 0 unspecified atom stereocenters. The number of pyridine rings is 1. The molecule has 2 aromatic rings. The van der Waals surface area contributed by atoms with Gasteiger partial charge in [-0.3, -0.25) is 9.59 Å². The lowest BCUT2D eigenvalue weighted by molar-refractivity contribution is 0.0979. The average Bonchev–Trinajstić information content (AvgIpc) is 2.36. The van der Waals surface area contributed by atoms with Crippen LogP contribution in [0.4, 0.5) is 5.82 Å². The molecule has 0 saturated carbocycles. The number of aromatic nitrogens is 1. The minimum atomic E-state index is -0.178. The van der Waals surface area contributed by atoms with Crippen LogP contribution in [0.15, 0.2) is 36.5 Å². The molecule has 0 spiro atoms. The summed E-state index contributed by atoms with van der Waals surface area (Å²) >= 11 is 0. The van der Waals surface area contributed by atoms with Gasteiger partial charge in [-0.25, -0.2) is 4.98 Å². The first-order valence-corrected chi connectivity index (χ1v) is 5.12. The van der Waals surface area contributed by atoms with Gasteiger partial charge in [-0.05, 0) is 6.07 Å². The number of nitrogens with zero attached hydrogens (tertiary/aromatic N) is 1. The van der Waals surface area contributed by atoms with Gasteiger partial charge in [-0.15, -0.1) is 0 Å². The molecule has 0 aliphatic heterocycles. The summed E-state index contributed by atoms with van der Waals surface area (Å²) in [6.45, 7) is 0. The van der Waals surface area contributed by atoms with Gasteiger partial charge in [0.2, 0.25) is 0 Å². The lowest BCUT2D eigenvalue weighted by atomic mass is 9.85. The molecule has 17 heavy (non-hydrogen) atoms. The zero-order chi connectivity index (χ0) is 12.0. The van der Waals surface area contributed by atoms with Crippen LogP contribution in [0.25, 0.3) is 0 Å². The van der Waals surface area contributed by atoms with Crippen LogP contribution in [0, 0.1) is 0 Å². The van der Waals surface area contributed by atoms with Crippen molar-refractivity contribution in [2.45, 2.75) is 0 Å². The van der Waals surface area contributed by atoms with E-state index in [-0.39, 0.29) is 17.4 Å². The minimum absolute atomic E-state index is 0.177. The van der Waals surface area contributed by atoms with Gasteiger partial charge in [0.25, 0.3) is 0 Å². The van der Waals surface area contributed by atoms with Gasteiger partial charge in [0.15, 0.2) is 11.6 Å². The van der Waals surface area contributed by atoms with E-state index in [2.05, 4.69) is 4.98 Å². The van der Waals surface area contributed by atoms with Crippen molar-refractivity contribution in [2.75, 3.05) is 5.73 Å². The number of anilines is 1. The third-order valence-electron chi connectivity index (χ3n) is 2.83. The van der Waals surface area contributed by atoms with Crippen molar-refractivity contribution in [2.24, 2.45) is 0 Å². The lowest BCUT2D eigenvalue weighted by Crippen LogP contribution is -2.21. The highest BCUT2D eigenvalue weighted by Crippen LogP contribution is 2.27. The largest absolute Gasteiger partial charge is 0.384 e. The Kier molecular flexibility index (Phi) is 1.86. The normalized spacial score (nSPS) is 13.2. The van der Waals surface area contributed by atoms with Gasteiger partial charge < -0.3 is 5.73 Å². The van der Waals surface area contributed by atoms with Crippen LogP contribution >= 0.6 is 0 Å². The average molecular weight is 224 g/mol. The molecule has 0 amide bonds. The first-order valence-electron chi connectivity index (χ1n) is 5.12. The highest BCUT2D eigenvalue weighted by atomic mass is 16.1. The van der Waals surface area contributed by atoms with E-state index in [9.17, 15) is 9.59 Å². The maximum absolute atomic E-state index is 12.2. The zero-order valence-electron chi connectivity index (χ0n) is 8.81. The fraction of sp³-hybridized carbons (Fsp3) is 0. The van der Waals surface area contributed by atoms with E-state index in [0.717, 1.165) is 0 Å². The van der Waals surface area contributed by atoms with Crippen LogP contribution < -0.4 is 5.73 Å². The van der Waals surface area contributed by atoms with Crippen LogP contribution in [-0.4, -0.2) is 16.6 Å². The number of hydrogen-bond acceptors (Lipinski definition) is 4. The van der Waals surface area contributed by atoms with Gasteiger partial charge >= 0.3 is 0 Å². The summed E-state index contributed by atoms with van der Waals surface area (Å²) < 4.78 is 0. The fourth-order valence-electron chi connectivity index (χ4n) is 2.01. The van der Waals surface area contributed by atoms with Crippen molar-refractivity contribution in [3.63, 3.8) is 0 Å². The molecule has 1 aliphatic carbocycles. The standard InChI is InChI=1S/C13H8N2O2/c14-11-5-9-10(6-15-11)13(17)8-4-2-1-3-7(8)12(9)16/h1-6H,(H2,14,15). The summed E-state index contributed by atoms with van der Waals surface area (Å²) in [4.78, 5) is 28.2. The van der Waals surface area contributed by atoms with Crippen molar-refractivity contribution in [1.29, 1.82) is 0 Å². The van der Waals surface area contributed by atoms with Crippen LogP contribution in [0.3, 0.4) is 0 Å². The fourth-order valence-corrected chi connectivity index (χ4v) is 2.01. The molecule has 82 valence electrons. The molecule has 4 nitrogen and oxygen atoms in total. The number of benzene rings is 1. The van der Waals surface area contributed by atoms with Crippen LogP contribution in [-0.2, 0) is 0 Å². The smallest absolute Gasteiger partial charge is 0.196 e. The van der Waals surface area contributed by atoms with Gasteiger partial charge in [-0.2, -0.15) is 0 Å². The van der Waals surface area contributed by atoms with E-state index >= 15 is 0 Å². The van der Waals surface area contributed by atoms with Crippen molar-refractivity contribution in [1.82, 2.24) is 4.98 Å². The Hall–Kier alpha value is -2.49. The van der Waals surface area contributed by atoms with E-state index in [4.69, 9.17) is 5.73 Å². The summed E-state index contributed by atoms with van der Waals surface area (Å²) in [5.74, 6) is -0.115. The Labute approximate surface area is 97.1 Å². The molecular formula is C13H8N2O2. The monoisotopic (exact) mass is 224 g/mol. The Bertz CT molecular complexity index is 662. The highest BCUT2D eigenvalue weighted by molar-refractivity contribution is 6.28. The van der Waals surface area contributed by atoms with Crippen LogP contribution in [0.1, 0.15) is 31.8 Å². The van der Waals surface area contributed by atoms with Gasteiger partial charge in [-0.1, -0.05) is 24.3 Å². The summed E-state index contributed by atoms with van der Waals surface area (Å²) in [5, 5.41) is 0. The van der Waals surface area contributed by atoms with E-state index in [1.165, 1.54) is 12.3 Å². The molecule has 2 N–H and O–H groups in total. The molecule has 0 atom stereocenters. The van der Waals surface area contributed by atoms with Crippen molar-refractivity contribution in [3.05, 3.63) is 58.8 Å². The zero-order valence-corrected chi connectivity index (χ0v) is 8.81. The Morgan fingerprint density at radius 2 is 1.47 bits per heavy atom. The third kappa shape index (κ3) is 1.27. The van der Waals surface area contributed by atoms with Crippen molar-refractivity contribution < 1.29 is 9.59 Å². The molecule has 0 radical (unpaired) electrons. The number of ketones is 2. The molecule has 0 fully saturated rings. The van der Waals surface area contributed by atoms with E-state index in [1.54, 1.807) is 24.3 Å². The van der Waals surface area contributed by atoms with E-state index in [0.29, 0.717) is 22.3 Å². The quantitative estimate of drug-likeness (QED) is 0.627. The Balaban J connectivity index is 2.33. The molecule has 1 aromatic carbocycles. The highest BCUT2D eigenvalue weighted by Gasteiger charge is 2.29. The molecule has 1 aromatic heterocycles. The second-order valence-electron chi connectivity index (χ2n) is 3.86. The number of hydrogen-bond donors (Lipinski definition) is 1. The minimum Gasteiger partial charge on any atom is -0.384 e. The maximum atomic E-state index is 12.2. The summed E-state index contributed by atoms with van der Waals surface area (Å²) in [5.41, 5.74) is 7.05. The van der Waals surface area contributed by atoms with Gasteiger partial charge in [0, 0.05) is 22.9 Å². The van der Waals surface area contributed by atoms with Crippen molar-refractivity contribution >= 4 is 17.4 Å². The Morgan fingerprint density at radius 1 is 0.882 bits per heavy atom. The summed E-state index contributed by atoms with van der Waals surface area (Å²) in [6.07, 6.45) is 1.36. The number of rotatable bonds is 0. The van der Waals surface area contributed by atoms with Crippen molar-refractivity contribution in [3.8, 4) is 0 Å². The third-order valence-corrected chi connectivity index (χ3v) is 2.83. The molecule has 4 heteroatoms. The topological polar surface area (TPSA) is 73.0 Å². The number of carbonyl (C=O) groups is 2. The predicted octanol–water partition coefficient (Wildman–Crippen LogP) is 1.44. The SMILES string of the molecule is Nc1cc2c(cn1)C(=O)c1ccccc1C2=O. The van der Waals surface area contributed by atoms with Crippen LogP contribution in [0.5, 0.6) is 0 Å². The number of nitrogens with two attached hydrogens (primary N) is 1. The predicted molar refractivity (Wildman–Crippen MR) is 62.0 cm³/mol. The molecular weight excluding hydrogens is 216 g/mol. The second kappa shape index (κ2) is 3.25. The second-order valence-corrected chi connectivity index (χ2v) is 3.86. The number of nitrogen functional groups attached to an aromatic ring is 1. The van der Waals surface area contributed by atoms with Gasteiger partial charge in [0.1, 0.15) is 5.82 Å². The van der Waals surface area contributed by atoms with E-state index in [1.807, 2.05) is 0 Å². The molecule has 1 aliphatic rings. The summed E-state index contributed by atoms with van der Waals surface area (Å²) in [7, 11) is 0. The molecule has 1 heterocycles. The first kappa shape index (κ1) is 9.72. The molecule has 0 saturated heterocycles. The summed E-state index contributed by atoms with van der Waals surface area (Å²) in [6, 6.07) is 8.22. The molecule has 3 rings (SSSR count). The lowest BCUT2D eigenvalue weighted by Gasteiger charge is -2.16. The first-order chi connectivity index (χ1) is 8.18. The number of carbonyl (C=O) groups excluding carboxylic acids is 2. The van der Waals surface area contributed by atoms with Crippen LogP contribution in [0.2, 0.25) is 0 Å². The Morgan fingerprint density at radius 3 is 2.12 bits per heavy atom. The maximum Gasteiger partial charge on any atom is 0.196 e. The van der Waals surface area contributed by atoms with E-state index < -0.39 is 0 Å². The molecule has 0 bridgehead atoms.